The van der Waals surface area contributed by atoms with Gasteiger partial charge in [-0.05, 0) is 48.9 Å². The number of imidazole rings is 1. The summed E-state index contributed by atoms with van der Waals surface area (Å²) in [6.45, 7) is 2.65. The van der Waals surface area contributed by atoms with E-state index in [0.717, 1.165) is 26.1 Å². The van der Waals surface area contributed by atoms with Crippen LogP contribution < -0.4 is 10.8 Å². The fraction of sp³-hybridized carbons (Fsp3) is 0.158. The molecule has 10 heteroatoms. The van der Waals surface area contributed by atoms with Crippen LogP contribution in [0.4, 0.5) is 0 Å². The van der Waals surface area contributed by atoms with E-state index in [0.29, 0.717) is 23.4 Å². The van der Waals surface area contributed by atoms with E-state index < -0.39 is 15.6 Å². The van der Waals surface area contributed by atoms with Crippen molar-refractivity contribution in [2.45, 2.75) is 29.3 Å². The highest BCUT2D eigenvalue weighted by atomic mass is 79.9. The number of hydrogen-bond acceptors (Lipinski definition) is 6. The van der Waals surface area contributed by atoms with Gasteiger partial charge in [0.25, 0.3) is 0 Å². The third kappa shape index (κ3) is 3.97. The van der Waals surface area contributed by atoms with Gasteiger partial charge < -0.3 is 8.98 Å². The molecule has 0 aliphatic carbocycles. The summed E-state index contributed by atoms with van der Waals surface area (Å²) in [5.41, 5.74) is 2.33. The Hall–Kier alpha value is -2.14. The van der Waals surface area contributed by atoms with Crippen LogP contribution >= 0.6 is 27.7 Å². The second-order valence-corrected chi connectivity index (χ2v) is 9.77. The molecule has 2 aromatic carbocycles. The Morgan fingerprint density at radius 3 is 2.72 bits per heavy atom. The fourth-order valence-electron chi connectivity index (χ4n) is 3.15. The van der Waals surface area contributed by atoms with Gasteiger partial charge in [-0.15, -0.1) is 0 Å². The Morgan fingerprint density at radius 2 is 2.00 bits per heavy atom. The van der Waals surface area contributed by atoms with Crippen LogP contribution in [-0.4, -0.2) is 18.0 Å². The maximum atomic E-state index is 11.9. The SMILES string of the molecule is CCn1c(SCc2cc(=O)oc3cc(Br)ccc23)nc2cc(S(N)(=O)=O)ccc21. The smallest absolute Gasteiger partial charge is 0.336 e. The lowest BCUT2D eigenvalue weighted by Crippen LogP contribution is -2.11. The lowest BCUT2D eigenvalue weighted by Gasteiger charge is -2.07. The van der Waals surface area contributed by atoms with Crippen molar-refractivity contribution >= 4 is 59.7 Å². The molecule has 0 radical (unpaired) electrons. The number of halogens is 1. The first-order chi connectivity index (χ1) is 13.8. The second-order valence-electron chi connectivity index (χ2n) is 6.35. The Kier molecular flexibility index (Phi) is 5.28. The molecule has 0 aliphatic rings. The summed E-state index contributed by atoms with van der Waals surface area (Å²) in [4.78, 5) is 16.6. The molecule has 0 fully saturated rings. The number of aromatic nitrogens is 2. The van der Waals surface area contributed by atoms with Gasteiger partial charge in [0.1, 0.15) is 5.58 Å². The van der Waals surface area contributed by atoms with Crippen molar-refractivity contribution in [3.8, 4) is 0 Å². The quantitative estimate of drug-likeness (QED) is 0.334. The highest BCUT2D eigenvalue weighted by Crippen LogP contribution is 2.30. The number of rotatable bonds is 5. The van der Waals surface area contributed by atoms with Crippen LogP contribution in [0.1, 0.15) is 12.5 Å². The van der Waals surface area contributed by atoms with Gasteiger partial charge in [-0.1, -0.05) is 27.7 Å². The van der Waals surface area contributed by atoms with E-state index in [1.54, 1.807) is 12.1 Å². The molecular weight excluding hydrogens is 478 g/mol. The Bertz CT molecular complexity index is 1410. The first-order valence-corrected chi connectivity index (χ1v) is 12.0. The van der Waals surface area contributed by atoms with E-state index in [1.807, 2.05) is 23.6 Å². The fourth-order valence-corrected chi connectivity index (χ4v) is 5.09. The molecule has 0 saturated heterocycles. The maximum Gasteiger partial charge on any atom is 0.336 e. The molecule has 0 aliphatic heterocycles. The molecule has 2 heterocycles. The van der Waals surface area contributed by atoms with Crippen LogP contribution in [0.2, 0.25) is 0 Å². The van der Waals surface area contributed by atoms with Gasteiger partial charge in [0.15, 0.2) is 5.16 Å². The minimum Gasteiger partial charge on any atom is -0.423 e. The van der Waals surface area contributed by atoms with Crippen LogP contribution in [0.5, 0.6) is 0 Å². The third-order valence-corrected chi connectivity index (χ3v) is 6.91. The van der Waals surface area contributed by atoms with Crippen molar-refractivity contribution in [2.75, 3.05) is 0 Å². The Morgan fingerprint density at radius 1 is 1.21 bits per heavy atom. The highest BCUT2D eigenvalue weighted by molar-refractivity contribution is 9.10. The molecule has 0 unspecified atom stereocenters. The molecule has 0 spiro atoms. The van der Waals surface area contributed by atoms with Crippen molar-refractivity contribution in [3.05, 3.63) is 62.9 Å². The maximum absolute atomic E-state index is 11.9. The summed E-state index contributed by atoms with van der Waals surface area (Å²) < 4.78 is 31.4. The molecule has 0 amide bonds. The molecule has 4 rings (SSSR count). The molecule has 0 atom stereocenters. The van der Waals surface area contributed by atoms with Crippen LogP contribution in [0.15, 0.2) is 66.2 Å². The number of aryl methyl sites for hydroxylation is 1. The standard InChI is InChI=1S/C19H16BrN3O4S2/c1-2-23-16-6-4-13(29(21,25)26)9-15(16)22-19(23)28-10-11-7-18(24)27-17-8-12(20)3-5-14(11)17/h3-9H,2,10H2,1H3,(H2,21,25,26). The van der Waals surface area contributed by atoms with E-state index in [1.165, 1.54) is 30.0 Å². The number of fused-ring (bicyclic) bond motifs is 2. The molecule has 0 bridgehead atoms. The zero-order chi connectivity index (χ0) is 20.8. The van der Waals surface area contributed by atoms with Crippen molar-refractivity contribution in [2.24, 2.45) is 5.14 Å². The summed E-state index contributed by atoms with van der Waals surface area (Å²) in [5, 5.41) is 6.81. The molecular formula is C19H16BrN3O4S2. The van der Waals surface area contributed by atoms with Crippen molar-refractivity contribution < 1.29 is 12.8 Å². The summed E-state index contributed by atoms with van der Waals surface area (Å²) in [6, 6.07) is 11.7. The minimum atomic E-state index is -3.80. The zero-order valence-electron chi connectivity index (χ0n) is 15.3. The Balaban J connectivity index is 1.73. The monoisotopic (exact) mass is 493 g/mol. The number of primary sulfonamides is 1. The highest BCUT2D eigenvalue weighted by Gasteiger charge is 2.15. The normalized spacial score (nSPS) is 12.1. The average molecular weight is 494 g/mol. The largest absolute Gasteiger partial charge is 0.423 e. The number of benzene rings is 2. The van der Waals surface area contributed by atoms with E-state index in [9.17, 15) is 13.2 Å². The van der Waals surface area contributed by atoms with Crippen molar-refractivity contribution in [1.29, 1.82) is 0 Å². The van der Waals surface area contributed by atoms with Crippen LogP contribution in [0.25, 0.3) is 22.0 Å². The number of thioether (sulfide) groups is 1. The topological polar surface area (TPSA) is 108 Å². The van der Waals surface area contributed by atoms with E-state index in [2.05, 4.69) is 20.9 Å². The average Bonchev–Trinajstić information content (AvgIpc) is 3.01. The first-order valence-electron chi connectivity index (χ1n) is 8.64. The van der Waals surface area contributed by atoms with E-state index in [4.69, 9.17) is 9.56 Å². The second kappa shape index (κ2) is 7.60. The molecule has 2 aromatic heterocycles. The Labute approximate surface area is 179 Å². The van der Waals surface area contributed by atoms with Gasteiger partial charge >= 0.3 is 5.63 Å². The predicted octanol–water partition coefficient (Wildman–Crippen LogP) is 3.86. The van der Waals surface area contributed by atoms with Crippen molar-refractivity contribution in [1.82, 2.24) is 9.55 Å². The van der Waals surface area contributed by atoms with Gasteiger partial charge in [0.05, 0.1) is 15.9 Å². The van der Waals surface area contributed by atoms with E-state index >= 15 is 0 Å². The van der Waals surface area contributed by atoms with Crippen LogP contribution in [-0.2, 0) is 22.3 Å². The minimum absolute atomic E-state index is 0.0274. The third-order valence-electron chi connectivity index (χ3n) is 4.48. The van der Waals surface area contributed by atoms with E-state index in [-0.39, 0.29) is 4.90 Å². The zero-order valence-corrected chi connectivity index (χ0v) is 18.5. The van der Waals surface area contributed by atoms with Gasteiger partial charge in [0.2, 0.25) is 10.0 Å². The van der Waals surface area contributed by atoms with Crippen LogP contribution in [0.3, 0.4) is 0 Å². The number of hydrogen-bond donors (Lipinski definition) is 1. The molecule has 7 nitrogen and oxygen atoms in total. The molecule has 150 valence electrons. The summed E-state index contributed by atoms with van der Waals surface area (Å²) >= 11 is 4.85. The summed E-state index contributed by atoms with van der Waals surface area (Å²) in [6.07, 6.45) is 0. The van der Waals surface area contributed by atoms with Gasteiger partial charge in [-0.25, -0.2) is 23.3 Å². The number of sulfonamides is 1. The molecule has 4 aromatic rings. The number of nitrogens with two attached hydrogens (primary N) is 1. The van der Waals surface area contributed by atoms with Crippen molar-refractivity contribution in [3.63, 3.8) is 0 Å². The van der Waals surface area contributed by atoms with Gasteiger partial charge in [-0.3, -0.25) is 0 Å². The van der Waals surface area contributed by atoms with Gasteiger partial charge in [0, 0.05) is 28.2 Å². The lowest BCUT2D eigenvalue weighted by atomic mass is 10.1. The predicted molar refractivity (Wildman–Crippen MR) is 117 cm³/mol. The summed E-state index contributed by atoms with van der Waals surface area (Å²) in [5.74, 6) is 0.509. The molecule has 0 saturated carbocycles. The molecule has 2 N–H and O–H groups in total. The number of nitrogens with zero attached hydrogens (tertiary/aromatic N) is 2. The first kappa shape index (κ1) is 20.1. The molecule has 29 heavy (non-hydrogen) atoms. The lowest BCUT2D eigenvalue weighted by molar-refractivity contribution is 0.559. The summed E-state index contributed by atoms with van der Waals surface area (Å²) in [7, 11) is -3.80. The van der Waals surface area contributed by atoms with Crippen LogP contribution in [0, 0.1) is 0 Å². The van der Waals surface area contributed by atoms with Gasteiger partial charge in [-0.2, -0.15) is 0 Å².